The summed E-state index contributed by atoms with van der Waals surface area (Å²) in [6.07, 6.45) is 15.7. The summed E-state index contributed by atoms with van der Waals surface area (Å²) in [5.41, 5.74) is 1.05. The highest BCUT2D eigenvalue weighted by molar-refractivity contribution is 7.46. The Morgan fingerprint density at radius 2 is 1.36 bits per heavy atom. The van der Waals surface area contributed by atoms with Gasteiger partial charge in [0, 0.05) is 0 Å². The third-order valence-corrected chi connectivity index (χ3v) is 5.42. The van der Waals surface area contributed by atoms with Gasteiger partial charge >= 0.3 is 7.82 Å². The van der Waals surface area contributed by atoms with Crippen LogP contribution in [0.1, 0.15) is 96.5 Å². The van der Waals surface area contributed by atoms with Gasteiger partial charge in [0.15, 0.2) is 0 Å². The molecule has 1 unspecified atom stereocenters. The average molecular weight is 415 g/mol. The lowest BCUT2D eigenvalue weighted by molar-refractivity contribution is -0.00148. The third kappa shape index (κ3) is 13.3. The Hall–Kier alpha value is -0.870. The van der Waals surface area contributed by atoms with Crippen molar-refractivity contribution in [1.29, 1.82) is 0 Å². The van der Waals surface area contributed by atoms with E-state index in [0.717, 1.165) is 18.4 Å². The van der Waals surface area contributed by atoms with Crippen molar-refractivity contribution in [2.45, 2.75) is 104 Å². The van der Waals surface area contributed by atoms with Gasteiger partial charge in [-0.05, 0) is 31.4 Å². The first-order valence-electron chi connectivity index (χ1n) is 10.9. The topological polar surface area (TPSA) is 76.0 Å². The molecule has 1 aromatic rings. The van der Waals surface area contributed by atoms with Crippen LogP contribution in [0.3, 0.4) is 0 Å². The Balaban J connectivity index is 2.15. The Kier molecular flexibility index (Phi) is 13.5. The van der Waals surface area contributed by atoms with Crippen molar-refractivity contribution < 1.29 is 23.6 Å². The van der Waals surface area contributed by atoms with Crippen molar-refractivity contribution >= 4 is 7.82 Å². The highest BCUT2D eigenvalue weighted by Crippen LogP contribution is 2.38. The van der Waals surface area contributed by atoms with E-state index in [2.05, 4.69) is 11.4 Å². The molecule has 0 amide bonds. The minimum atomic E-state index is -4.55. The second-order valence-electron chi connectivity index (χ2n) is 7.53. The van der Waals surface area contributed by atoms with Crippen molar-refractivity contribution in [1.82, 2.24) is 0 Å². The summed E-state index contributed by atoms with van der Waals surface area (Å²) in [5.74, 6) is 0.631. The van der Waals surface area contributed by atoms with Crippen LogP contribution in [0.25, 0.3) is 0 Å². The van der Waals surface area contributed by atoms with E-state index in [1.165, 1.54) is 77.6 Å². The standard InChI is InChI=1S/C22H39O5P/c1-3-4-5-6-7-8-9-10-11-12-13-14-17-21-18-15-16-19-22(21)26-20(2)27-28(23,24)25/h15-16,18-20H,3-14,17H2,1-2H3,(H2,23,24,25). The number of aryl methyl sites for hydroxylation is 1. The van der Waals surface area contributed by atoms with Crippen molar-refractivity contribution in [3.63, 3.8) is 0 Å². The quantitative estimate of drug-likeness (QED) is 0.167. The maximum atomic E-state index is 10.9. The lowest BCUT2D eigenvalue weighted by Gasteiger charge is -2.18. The van der Waals surface area contributed by atoms with Crippen LogP contribution in [0.2, 0.25) is 0 Å². The second kappa shape index (κ2) is 15.0. The highest BCUT2D eigenvalue weighted by atomic mass is 31.2. The third-order valence-electron chi connectivity index (χ3n) is 4.85. The minimum Gasteiger partial charge on any atom is -0.464 e. The highest BCUT2D eigenvalue weighted by Gasteiger charge is 2.20. The summed E-state index contributed by atoms with van der Waals surface area (Å²) in [5, 5.41) is 0. The SMILES string of the molecule is CCCCCCCCCCCCCCc1ccccc1OC(C)OP(=O)(O)O. The molecule has 0 radical (unpaired) electrons. The first-order valence-corrected chi connectivity index (χ1v) is 12.4. The first-order chi connectivity index (χ1) is 13.4. The zero-order chi connectivity index (χ0) is 20.7. The molecule has 0 heterocycles. The molecule has 0 fully saturated rings. The number of hydrogen-bond acceptors (Lipinski definition) is 3. The zero-order valence-corrected chi connectivity index (χ0v) is 18.5. The summed E-state index contributed by atoms with van der Waals surface area (Å²) in [6.45, 7) is 3.74. The van der Waals surface area contributed by atoms with E-state index in [4.69, 9.17) is 14.5 Å². The molecule has 0 spiro atoms. The smallest absolute Gasteiger partial charge is 0.464 e. The van der Waals surface area contributed by atoms with Gasteiger partial charge in [-0.25, -0.2) is 9.09 Å². The van der Waals surface area contributed by atoms with Gasteiger partial charge in [-0.15, -0.1) is 0 Å². The van der Waals surface area contributed by atoms with E-state index in [1.807, 2.05) is 24.3 Å². The maximum absolute atomic E-state index is 10.9. The predicted octanol–water partition coefficient (Wildman–Crippen LogP) is 6.76. The molecule has 1 atom stereocenters. The average Bonchev–Trinajstić information content (AvgIpc) is 2.62. The van der Waals surface area contributed by atoms with E-state index >= 15 is 0 Å². The van der Waals surface area contributed by atoms with Crippen LogP contribution in [-0.4, -0.2) is 16.1 Å². The van der Waals surface area contributed by atoms with Gasteiger partial charge in [0.05, 0.1) is 0 Å². The normalized spacial score (nSPS) is 12.9. The van der Waals surface area contributed by atoms with Gasteiger partial charge in [-0.3, -0.25) is 0 Å². The van der Waals surface area contributed by atoms with Gasteiger partial charge in [-0.2, -0.15) is 0 Å². The monoisotopic (exact) mass is 414 g/mol. The molecular weight excluding hydrogens is 375 g/mol. The van der Waals surface area contributed by atoms with Crippen LogP contribution in [-0.2, 0) is 15.5 Å². The number of benzene rings is 1. The van der Waals surface area contributed by atoms with E-state index in [1.54, 1.807) is 0 Å². The molecule has 0 bridgehead atoms. The fraction of sp³-hybridized carbons (Fsp3) is 0.727. The molecule has 2 N–H and O–H groups in total. The number of phosphoric acid groups is 1. The summed E-state index contributed by atoms with van der Waals surface area (Å²) >= 11 is 0. The van der Waals surface area contributed by atoms with Crippen LogP contribution < -0.4 is 4.74 Å². The number of hydrogen-bond donors (Lipinski definition) is 2. The van der Waals surface area contributed by atoms with Crippen molar-refractivity contribution in [3.05, 3.63) is 29.8 Å². The maximum Gasteiger partial charge on any atom is 0.472 e. The molecule has 6 heteroatoms. The minimum absolute atomic E-state index is 0.631. The molecule has 0 aromatic heterocycles. The molecule has 5 nitrogen and oxygen atoms in total. The fourth-order valence-corrected chi connectivity index (χ4v) is 3.81. The Morgan fingerprint density at radius 3 is 1.89 bits per heavy atom. The van der Waals surface area contributed by atoms with Gasteiger partial charge in [0.1, 0.15) is 5.75 Å². The summed E-state index contributed by atoms with van der Waals surface area (Å²) in [4.78, 5) is 17.7. The summed E-state index contributed by atoms with van der Waals surface area (Å²) < 4.78 is 21.0. The molecule has 0 aliphatic carbocycles. The fourth-order valence-electron chi connectivity index (χ4n) is 3.38. The van der Waals surface area contributed by atoms with E-state index in [9.17, 15) is 4.57 Å². The second-order valence-corrected chi connectivity index (χ2v) is 8.72. The molecule has 0 aliphatic heterocycles. The van der Waals surface area contributed by atoms with Crippen LogP contribution >= 0.6 is 7.82 Å². The summed E-state index contributed by atoms with van der Waals surface area (Å²) in [6, 6.07) is 7.62. The van der Waals surface area contributed by atoms with Crippen molar-refractivity contribution in [3.8, 4) is 5.75 Å². The molecule has 1 rings (SSSR count). The Bertz CT molecular complexity index is 558. The van der Waals surface area contributed by atoms with Crippen LogP contribution in [0, 0.1) is 0 Å². The number of unbranched alkanes of at least 4 members (excludes halogenated alkanes) is 11. The molecule has 162 valence electrons. The van der Waals surface area contributed by atoms with Gasteiger partial charge in [0.2, 0.25) is 6.29 Å². The molecular formula is C22H39O5P. The molecule has 0 saturated heterocycles. The van der Waals surface area contributed by atoms with Crippen molar-refractivity contribution in [2.75, 3.05) is 0 Å². The lowest BCUT2D eigenvalue weighted by atomic mass is 10.0. The number of phosphoric ester groups is 1. The van der Waals surface area contributed by atoms with Gasteiger partial charge < -0.3 is 14.5 Å². The number of rotatable bonds is 17. The zero-order valence-electron chi connectivity index (χ0n) is 17.6. The molecule has 0 saturated carbocycles. The van der Waals surface area contributed by atoms with E-state index in [0.29, 0.717) is 5.75 Å². The van der Waals surface area contributed by atoms with Crippen LogP contribution in [0.5, 0.6) is 5.75 Å². The number of para-hydroxylation sites is 1. The lowest BCUT2D eigenvalue weighted by Crippen LogP contribution is -2.15. The van der Waals surface area contributed by atoms with Crippen molar-refractivity contribution in [2.24, 2.45) is 0 Å². The first kappa shape index (κ1) is 25.2. The van der Waals surface area contributed by atoms with Crippen LogP contribution in [0.4, 0.5) is 0 Å². The Labute approximate surface area is 171 Å². The Morgan fingerprint density at radius 1 is 0.857 bits per heavy atom. The van der Waals surface area contributed by atoms with Gasteiger partial charge in [-0.1, -0.05) is 95.8 Å². The summed E-state index contributed by atoms with van der Waals surface area (Å²) in [7, 11) is -4.55. The predicted molar refractivity (Wildman–Crippen MR) is 114 cm³/mol. The molecule has 28 heavy (non-hydrogen) atoms. The van der Waals surface area contributed by atoms with E-state index < -0.39 is 14.1 Å². The molecule has 0 aliphatic rings. The van der Waals surface area contributed by atoms with Crippen LogP contribution in [0.15, 0.2) is 24.3 Å². The molecule has 1 aromatic carbocycles. The van der Waals surface area contributed by atoms with Gasteiger partial charge in [0.25, 0.3) is 0 Å². The number of ether oxygens (including phenoxy) is 1. The largest absolute Gasteiger partial charge is 0.472 e. The van der Waals surface area contributed by atoms with E-state index in [-0.39, 0.29) is 0 Å².